The summed E-state index contributed by atoms with van der Waals surface area (Å²) < 4.78 is 10.5. The van der Waals surface area contributed by atoms with Crippen LogP contribution in [0.15, 0.2) is 85.0 Å². The predicted molar refractivity (Wildman–Crippen MR) is 177 cm³/mol. The van der Waals surface area contributed by atoms with Crippen LogP contribution in [0.4, 0.5) is 9.59 Å². The number of carboxylic acids is 1. The van der Waals surface area contributed by atoms with Crippen LogP contribution in [0.3, 0.4) is 0 Å². The average molecular weight is 653 g/mol. The third-order valence-corrected chi connectivity index (χ3v) is 7.96. The molecule has 6 atom stereocenters. The second-order valence-corrected chi connectivity index (χ2v) is 12.0. The SMILES string of the molecule is C.C=C(C)C[C@@H]1[C@@H](C(=O)O)N(C(=O)OCc2ccccc2)C[C@@H]1O.C=C(C)C[C@@H]1[C@@H](C(C)=O)N(C(=O)OCc2ccccc2)C[C@@H]1O. The van der Waals surface area contributed by atoms with Crippen LogP contribution in [-0.2, 0) is 32.3 Å². The number of hydrogen-bond donors (Lipinski definition) is 3. The van der Waals surface area contributed by atoms with Crippen LogP contribution >= 0.6 is 0 Å². The molecule has 2 aromatic carbocycles. The second-order valence-electron chi connectivity index (χ2n) is 12.0. The van der Waals surface area contributed by atoms with Crippen LogP contribution in [-0.4, -0.2) is 86.4 Å². The van der Waals surface area contributed by atoms with Gasteiger partial charge in [-0.25, -0.2) is 14.4 Å². The second kappa shape index (κ2) is 18.0. The Hall–Kier alpha value is -4.48. The van der Waals surface area contributed by atoms with E-state index in [2.05, 4.69) is 13.2 Å². The van der Waals surface area contributed by atoms with Crippen molar-refractivity contribution >= 4 is 23.9 Å². The molecule has 256 valence electrons. The first-order valence-electron chi connectivity index (χ1n) is 15.1. The van der Waals surface area contributed by atoms with Crippen molar-refractivity contribution in [1.82, 2.24) is 9.80 Å². The molecule has 2 amide bonds. The molecule has 2 aliphatic heterocycles. The predicted octanol–water partition coefficient (Wildman–Crippen LogP) is 5.21. The molecule has 11 nitrogen and oxygen atoms in total. The van der Waals surface area contributed by atoms with Crippen molar-refractivity contribution in [2.75, 3.05) is 13.1 Å². The van der Waals surface area contributed by atoms with Crippen molar-refractivity contribution in [3.63, 3.8) is 0 Å². The number of hydrogen-bond acceptors (Lipinski definition) is 8. The molecule has 4 rings (SSSR count). The highest BCUT2D eigenvalue weighted by Crippen LogP contribution is 2.32. The van der Waals surface area contributed by atoms with E-state index in [0.717, 1.165) is 27.2 Å². The van der Waals surface area contributed by atoms with Gasteiger partial charge in [-0.2, -0.15) is 0 Å². The Kier molecular flexibility index (Phi) is 14.8. The van der Waals surface area contributed by atoms with Gasteiger partial charge in [-0.1, -0.05) is 79.2 Å². The molecular weight excluding hydrogens is 604 g/mol. The van der Waals surface area contributed by atoms with Gasteiger partial charge in [0.1, 0.15) is 19.3 Å². The van der Waals surface area contributed by atoms with E-state index in [1.165, 1.54) is 11.8 Å². The largest absolute Gasteiger partial charge is 0.480 e. The highest BCUT2D eigenvalue weighted by molar-refractivity contribution is 5.86. The van der Waals surface area contributed by atoms with Gasteiger partial charge in [-0.15, -0.1) is 13.2 Å². The van der Waals surface area contributed by atoms with Crippen molar-refractivity contribution < 1.29 is 44.0 Å². The number of likely N-dealkylation sites (tertiary alicyclic amines) is 2. The Morgan fingerprint density at radius 2 is 1.06 bits per heavy atom. The van der Waals surface area contributed by atoms with Gasteiger partial charge in [-0.3, -0.25) is 14.6 Å². The lowest BCUT2D eigenvalue weighted by atomic mass is 9.89. The van der Waals surface area contributed by atoms with Crippen LogP contribution in [0.5, 0.6) is 0 Å². The van der Waals surface area contributed by atoms with Crippen LogP contribution in [0.2, 0.25) is 0 Å². The van der Waals surface area contributed by atoms with Gasteiger partial charge in [0.25, 0.3) is 0 Å². The molecule has 0 bridgehead atoms. The molecule has 0 aliphatic carbocycles. The molecule has 0 spiro atoms. The van der Waals surface area contributed by atoms with E-state index in [1.807, 2.05) is 67.6 Å². The number of aliphatic hydroxyl groups excluding tert-OH is 2. The Balaban J connectivity index is 0.000000320. The number of ether oxygens (including phenoxy) is 2. The van der Waals surface area contributed by atoms with Crippen molar-refractivity contribution in [2.45, 2.75) is 78.5 Å². The van der Waals surface area contributed by atoms with Crippen LogP contribution in [0.25, 0.3) is 0 Å². The Labute approximate surface area is 277 Å². The van der Waals surface area contributed by atoms with E-state index in [1.54, 1.807) is 6.92 Å². The first-order chi connectivity index (χ1) is 21.8. The minimum absolute atomic E-state index is 0. The smallest absolute Gasteiger partial charge is 0.410 e. The monoisotopic (exact) mass is 652 g/mol. The summed E-state index contributed by atoms with van der Waals surface area (Å²) >= 11 is 0. The summed E-state index contributed by atoms with van der Waals surface area (Å²) in [6, 6.07) is 16.7. The highest BCUT2D eigenvalue weighted by atomic mass is 16.6. The number of β-amino-alcohol motifs (C(OH)–C–C–N with tert-alkyl or cyclic N) is 2. The van der Waals surface area contributed by atoms with E-state index < -0.39 is 48.4 Å². The number of carbonyl (C=O) groups excluding carboxylic acids is 3. The standard InChI is InChI=1S/C18H23NO4.C17H21NO5.CH4/c1-12(2)9-15-16(21)10-19(17(15)13(3)20)18(22)23-11-14-7-5-4-6-8-14;1-11(2)8-13-14(19)9-18(15(13)16(20)21)17(22)23-10-12-6-4-3-5-7-12;/h4-8,15-17,21H,1,9-11H2,2-3H3;3-7,13-15,19H,1,8-10H2,2H3,(H,20,21);1H4/t15-,16-,17+;13-,14-,15-;/m00./s1. The normalized spacial score (nSPS) is 23.1. The van der Waals surface area contributed by atoms with E-state index in [4.69, 9.17) is 9.47 Å². The number of amides is 2. The fraction of sp³-hybridized carbons (Fsp3) is 0.444. The van der Waals surface area contributed by atoms with Gasteiger partial charge >= 0.3 is 18.2 Å². The van der Waals surface area contributed by atoms with Crippen LogP contribution < -0.4 is 0 Å². The number of aliphatic carboxylic acids is 1. The number of Topliss-reactive ketones (excluding diaryl/α,β-unsaturated/α-hetero) is 1. The summed E-state index contributed by atoms with van der Waals surface area (Å²) in [5.41, 5.74) is 3.32. The Bertz CT molecular complexity index is 1280. The summed E-state index contributed by atoms with van der Waals surface area (Å²) in [7, 11) is 0. The zero-order valence-electron chi connectivity index (χ0n) is 26.6. The maximum atomic E-state index is 12.3. The van der Waals surface area contributed by atoms with E-state index in [-0.39, 0.29) is 45.4 Å². The highest BCUT2D eigenvalue weighted by Gasteiger charge is 2.48. The number of nitrogens with zero attached hydrogens (tertiary/aromatic N) is 2. The summed E-state index contributed by atoms with van der Waals surface area (Å²) in [5, 5.41) is 29.8. The van der Waals surface area contributed by atoms with Gasteiger partial charge in [0, 0.05) is 11.8 Å². The number of benzene rings is 2. The average Bonchev–Trinajstić information content (AvgIpc) is 3.51. The van der Waals surface area contributed by atoms with Gasteiger partial charge in [0.05, 0.1) is 31.3 Å². The summed E-state index contributed by atoms with van der Waals surface area (Å²) in [4.78, 5) is 50.5. The summed E-state index contributed by atoms with van der Waals surface area (Å²) in [6.07, 6.45) is -2.10. The lowest BCUT2D eigenvalue weighted by Crippen LogP contribution is -2.43. The van der Waals surface area contributed by atoms with Crippen LogP contribution in [0.1, 0.15) is 52.2 Å². The third-order valence-electron chi connectivity index (χ3n) is 7.96. The van der Waals surface area contributed by atoms with Crippen LogP contribution in [0, 0.1) is 11.8 Å². The van der Waals surface area contributed by atoms with E-state index in [9.17, 15) is 34.5 Å². The molecule has 0 unspecified atom stereocenters. The number of rotatable bonds is 10. The number of carboxylic acid groups (broad SMARTS) is 1. The lowest BCUT2D eigenvalue weighted by molar-refractivity contribution is -0.143. The third kappa shape index (κ3) is 10.8. The molecule has 0 radical (unpaired) electrons. The number of ketones is 1. The number of aliphatic hydroxyl groups is 2. The minimum atomic E-state index is -1.15. The van der Waals surface area contributed by atoms with Crippen molar-refractivity contribution in [1.29, 1.82) is 0 Å². The van der Waals surface area contributed by atoms with E-state index in [0.29, 0.717) is 12.8 Å². The van der Waals surface area contributed by atoms with Crippen molar-refractivity contribution in [2.24, 2.45) is 11.8 Å². The number of carbonyl (C=O) groups is 4. The van der Waals surface area contributed by atoms with Crippen molar-refractivity contribution in [3.05, 3.63) is 96.1 Å². The van der Waals surface area contributed by atoms with Gasteiger partial charge in [-0.05, 0) is 44.7 Å². The molecular formula is C36H48N2O9. The zero-order chi connectivity index (χ0) is 34.0. The lowest BCUT2D eigenvalue weighted by Gasteiger charge is -2.25. The molecule has 2 aliphatic rings. The molecule has 3 N–H and O–H groups in total. The molecule has 47 heavy (non-hydrogen) atoms. The molecule has 2 aromatic rings. The zero-order valence-corrected chi connectivity index (χ0v) is 26.6. The van der Waals surface area contributed by atoms with Gasteiger partial charge < -0.3 is 24.8 Å². The first kappa shape index (κ1) is 38.7. The first-order valence-corrected chi connectivity index (χ1v) is 15.1. The minimum Gasteiger partial charge on any atom is -0.480 e. The Morgan fingerprint density at radius 3 is 1.40 bits per heavy atom. The topological polar surface area (TPSA) is 154 Å². The fourth-order valence-electron chi connectivity index (χ4n) is 5.90. The van der Waals surface area contributed by atoms with E-state index >= 15 is 0 Å². The fourth-order valence-corrected chi connectivity index (χ4v) is 5.90. The van der Waals surface area contributed by atoms with Crippen molar-refractivity contribution in [3.8, 4) is 0 Å². The molecule has 11 heteroatoms. The molecule has 2 saturated heterocycles. The quantitative estimate of drug-likeness (QED) is 0.294. The molecule has 0 aromatic heterocycles. The van der Waals surface area contributed by atoms with Gasteiger partial charge in [0.15, 0.2) is 5.78 Å². The summed E-state index contributed by atoms with van der Waals surface area (Å²) in [5.74, 6) is -2.20. The molecule has 2 heterocycles. The molecule has 2 fully saturated rings. The van der Waals surface area contributed by atoms with Gasteiger partial charge in [0.2, 0.25) is 0 Å². The maximum Gasteiger partial charge on any atom is 0.410 e. The Morgan fingerprint density at radius 1 is 0.702 bits per heavy atom. The molecule has 0 saturated carbocycles. The maximum absolute atomic E-state index is 12.3. The summed E-state index contributed by atoms with van der Waals surface area (Å²) in [6.45, 7) is 12.9. The number of allylic oxidation sites excluding steroid dienone is 2.